The number of nitro groups is 1. The Balaban J connectivity index is 1.75. The van der Waals surface area contributed by atoms with E-state index in [-0.39, 0.29) is 23.7 Å². The molecule has 0 aliphatic carbocycles. The maximum atomic E-state index is 13.1. The van der Waals surface area contributed by atoms with Crippen LogP contribution < -0.4 is 5.32 Å². The van der Waals surface area contributed by atoms with Gasteiger partial charge in [0.1, 0.15) is 11.3 Å². The molecule has 9 nitrogen and oxygen atoms in total. The standard InChI is InChI=1S/C21H17N5O4/c1-14-8-10-15(11-9-14)19-23-21(22-13-16-5-4-12-30-16)25(24-19)20(27)17-6-2-3-7-18(17)26(28)29/h2-12H,13H2,1H3,(H,22,23,24). The molecular formula is C21H17N5O4. The Bertz CT molecular complexity index is 1200. The first-order chi connectivity index (χ1) is 14.5. The number of nitrogens with one attached hydrogen (secondary N) is 1. The van der Waals surface area contributed by atoms with Gasteiger partial charge in [-0.05, 0) is 25.1 Å². The summed E-state index contributed by atoms with van der Waals surface area (Å²) in [6, 6.07) is 16.8. The van der Waals surface area contributed by atoms with Gasteiger partial charge in [0.05, 0.1) is 17.7 Å². The van der Waals surface area contributed by atoms with E-state index < -0.39 is 10.8 Å². The Hall–Kier alpha value is -4.27. The molecule has 0 atom stereocenters. The zero-order valence-electron chi connectivity index (χ0n) is 16.0. The van der Waals surface area contributed by atoms with Crippen molar-refractivity contribution in [2.45, 2.75) is 13.5 Å². The predicted octanol–water partition coefficient (Wildman–Crippen LogP) is 4.06. The second kappa shape index (κ2) is 8.00. The Kier molecular flexibility index (Phi) is 5.08. The van der Waals surface area contributed by atoms with Crippen LogP contribution in [0.4, 0.5) is 11.6 Å². The summed E-state index contributed by atoms with van der Waals surface area (Å²) in [7, 11) is 0. The lowest BCUT2D eigenvalue weighted by Crippen LogP contribution is -2.18. The van der Waals surface area contributed by atoms with Crippen molar-refractivity contribution in [3.8, 4) is 11.4 Å². The number of nitrogens with zero attached hydrogens (tertiary/aromatic N) is 4. The van der Waals surface area contributed by atoms with Crippen molar-refractivity contribution in [2.75, 3.05) is 5.32 Å². The number of nitro benzene ring substituents is 1. The summed E-state index contributed by atoms with van der Waals surface area (Å²) in [5.41, 5.74) is 1.41. The molecule has 1 N–H and O–H groups in total. The number of aryl methyl sites for hydroxylation is 1. The minimum absolute atomic E-state index is 0.0797. The number of para-hydroxylation sites is 1. The van der Waals surface area contributed by atoms with Crippen LogP contribution in [0.5, 0.6) is 0 Å². The van der Waals surface area contributed by atoms with E-state index in [1.807, 2.05) is 31.2 Å². The Labute approximate surface area is 171 Å². The first kappa shape index (κ1) is 19.1. The maximum Gasteiger partial charge on any atom is 0.288 e. The molecule has 0 unspecified atom stereocenters. The molecule has 2 aromatic heterocycles. The number of anilines is 1. The SMILES string of the molecule is Cc1ccc(-c2nc(NCc3ccco3)n(C(=O)c3ccccc3[N+](=O)[O-])n2)cc1. The van der Waals surface area contributed by atoms with Gasteiger partial charge >= 0.3 is 0 Å². The zero-order valence-corrected chi connectivity index (χ0v) is 16.0. The van der Waals surface area contributed by atoms with E-state index in [0.29, 0.717) is 11.6 Å². The third-order valence-electron chi connectivity index (χ3n) is 4.44. The second-order valence-corrected chi connectivity index (χ2v) is 6.55. The van der Waals surface area contributed by atoms with E-state index in [0.717, 1.165) is 15.8 Å². The van der Waals surface area contributed by atoms with Crippen LogP contribution in [0.2, 0.25) is 0 Å². The fourth-order valence-corrected chi connectivity index (χ4v) is 2.90. The third-order valence-corrected chi connectivity index (χ3v) is 4.44. The first-order valence-electron chi connectivity index (χ1n) is 9.11. The van der Waals surface area contributed by atoms with Gasteiger partial charge in [0.25, 0.3) is 11.6 Å². The Morgan fingerprint density at radius 3 is 2.60 bits per heavy atom. The average Bonchev–Trinajstić information content (AvgIpc) is 3.42. The van der Waals surface area contributed by atoms with E-state index in [2.05, 4.69) is 15.4 Å². The van der Waals surface area contributed by atoms with Crippen LogP contribution in [-0.4, -0.2) is 25.6 Å². The monoisotopic (exact) mass is 403 g/mol. The zero-order chi connectivity index (χ0) is 21.1. The molecule has 9 heteroatoms. The number of aromatic nitrogens is 3. The summed E-state index contributed by atoms with van der Waals surface area (Å²) in [5, 5.41) is 18.7. The van der Waals surface area contributed by atoms with Gasteiger partial charge in [-0.1, -0.05) is 42.0 Å². The van der Waals surface area contributed by atoms with Gasteiger partial charge in [-0.15, -0.1) is 5.10 Å². The van der Waals surface area contributed by atoms with E-state index >= 15 is 0 Å². The number of furan rings is 1. The highest BCUT2D eigenvalue weighted by Gasteiger charge is 2.25. The van der Waals surface area contributed by atoms with Crippen LogP contribution in [-0.2, 0) is 6.54 Å². The highest BCUT2D eigenvalue weighted by molar-refractivity contribution is 6.00. The van der Waals surface area contributed by atoms with Crippen LogP contribution in [0.1, 0.15) is 21.7 Å². The second-order valence-electron chi connectivity index (χ2n) is 6.55. The lowest BCUT2D eigenvalue weighted by molar-refractivity contribution is -0.385. The fraction of sp³-hybridized carbons (Fsp3) is 0.0952. The fourth-order valence-electron chi connectivity index (χ4n) is 2.90. The van der Waals surface area contributed by atoms with Gasteiger partial charge < -0.3 is 9.73 Å². The van der Waals surface area contributed by atoms with E-state index in [4.69, 9.17) is 4.42 Å². The van der Waals surface area contributed by atoms with Crippen LogP contribution in [0.25, 0.3) is 11.4 Å². The Morgan fingerprint density at radius 2 is 1.90 bits per heavy atom. The number of carbonyl (C=O) groups excluding carboxylic acids is 1. The lowest BCUT2D eigenvalue weighted by Gasteiger charge is -2.06. The van der Waals surface area contributed by atoms with Gasteiger partial charge in [-0.25, -0.2) is 0 Å². The highest BCUT2D eigenvalue weighted by atomic mass is 16.6. The molecule has 0 bridgehead atoms. The van der Waals surface area contributed by atoms with Crippen LogP contribution in [0, 0.1) is 17.0 Å². The first-order valence-corrected chi connectivity index (χ1v) is 9.11. The van der Waals surface area contributed by atoms with Crippen LogP contribution in [0.15, 0.2) is 71.3 Å². The third kappa shape index (κ3) is 3.81. The summed E-state index contributed by atoms with van der Waals surface area (Å²) in [6.07, 6.45) is 1.54. The van der Waals surface area contributed by atoms with Gasteiger partial charge in [-0.3, -0.25) is 14.9 Å². The normalized spacial score (nSPS) is 10.7. The van der Waals surface area contributed by atoms with Gasteiger partial charge in [0.2, 0.25) is 5.95 Å². The summed E-state index contributed by atoms with van der Waals surface area (Å²) in [6.45, 7) is 2.23. The number of hydrogen-bond donors (Lipinski definition) is 1. The molecule has 2 heterocycles. The number of carbonyl (C=O) groups is 1. The Morgan fingerprint density at radius 1 is 1.13 bits per heavy atom. The molecule has 0 fully saturated rings. The molecule has 0 aliphatic heterocycles. The maximum absolute atomic E-state index is 13.1. The van der Waals surface area contributed by atoms with Gasteiger partial charge in [0, 0.05) is 11.6 Å². The molecule has 0 amide bonds. The summed E-state index contributed by atoms with van der Waals surface area (Å²) < 4.78 is 6.34. The summed E-state index contributed by atoms with van der Waals surface area (Å²) >= 11 is 0. The smallest absolute Gasteiger partial charge is 0.288 e. The van der Waals surface area contributed by atoms with Crippen LogP contribution >= 0.6 is 0 Å². The van der Waals surface area contributed by atoms with E-state index in [9.17, 15) is 14.9 Å². The molecule has 0 saturated heterocycles. The average molecular weight is 403 g/mol. The van der Waals surface area contributed by atoms with E-state index in [1.54, 1.807) is 18.2 Å². The largest absolute Gasteiger partial charge is 0.467 e. The van der Waals surface area contributed by atoms with Crippen molar-refractivity contribution in [3.05, 3.63) is 93.9 Å². The topological polar surface area (TPSA) is 116 Å². The van der Waals surface area contributed by atoms with Crippen molar-refractivity contribution in [1.82, 2.24) is 14.8 Å². The number of benzene rings is 2. The van der Waals surface area contributed by atoms with Crippen molar-refractivity contribution in [3.63, 3.8) is 0 Å². The molecule has 4 aromatic rings. The molecule has 0 spiro atoms. The summed E-state index contributed by atoms with van der Waals surface area (Å²) in [5.74, 6) is 0.462. The minimum Gasteiger partial charge on any atom is -0.467 e. The predicted molar refractivity (Wildman–Crippen MR) is 109 cm³/mol. The summed E-state index contributed by atoms with van der Waals surface area (Å²) in [4.78, 5) is 28.4. The molecule has 0 aliphatic rings. The van der Waals surface area contributed by atoms with Crippen molar-refractivity contribution >= 4 is 17.5 Å². The van der Waals surface area contributed by atoms with Crippen molar-refractivity contribution in [2.24, 2.45) is 0 Å². The number of rotatable bonds is 6. The highest BCUT2D eigenvalue weighted by Crippen LogP contribution is 2.23. The molecule has 0 radical (unpaired) electrons. The molecule has 0 saturated carbocycles. The molecule has 2 aromatic carbocycles. The van der Waals surface area contributed by atoms with E-state index in [1.165, 1.54) is 24.5 Å². The number of hydrogen-bond acceptors (Lipinski definition) is 7. The van der Waals surface area contributed by atoms with Crippen molar-refractivity contribution < 1.29 is 14.1 Å². The van der Waals surface area contributed by atoms with Gasteiger partial charge in [0.15, 0.2) is 5.82 Å². The molecular weight excluding hydrogens is 386 g/mol. The minimum atomic E-state index is -0.657. The van der Waals surface area contributed by atoms with Crippen molar-refractivity contribution in [1.29, 1.82) is 0 Å². The molecule has 30 heavy (non-hydrogen) atoms. The quantitative estimate of drug-likeness (QED) is 0.381. The van der Waals surface area contributed by atoms with Crippen LogP contribution in [0.3, 0.4) is 0 Å². The lowest BCUT2D eigenvalue weighted by atomic mass is 10.1. The molecule has 4 rings (SSSR count). The van der Waals surface area contributed by atoms with Gasteiger partial charge in [-0.2, -0.15) is 9.67 Å². The molecule has 150 valence electrons.